The summed E-state index contributed by atoms with van der Waals surface area (Å²) < 4.78 is 11.8. The van der Waals surface area contributed by atoms with E-state index in [0.29, 0.717) is 29.8 Å². The molecule has 152 valence electrons. The molecule has 2 aliphatic heterocycles. The van der Waals surface area contributed by atoms with Gasteiger partial charge in [0.05, 0.1) is 24.1 Å². The fraction of sp³-hybridized carbons (Fsp3) is 0.550. The highest BCUT2D eigenvalue weighted by Gasteiger charge is 2.39. The number of anilines is 1. The van der Waals surface area contributed by atoms with Crippen molar-refractivity contribution in [2.75, 3.05) is 19.0 Å². The number of carbonyl (C=O) groups excluding carboxylic acids is 2. The maximum absolute atomic E-state index is 13.1. The molecule has 1 aromatic rings. The number of benzene rings is 1. The summed E-state index contributed by atoms with van der Waals surface area (Å²) in [5, 5.41) is 11.8. The third-order valence-electron chi connectivity index (χ3n) is 5.21. The van der Waals surface area contributed by atoms with Crippen LogP contribution in [-0.2, 0) is 14.3 Å². The lowest BCUT2D eigenvalue weighted by Crippen LogP contribution is -2.53. The van der Waals surface area contributed by atoms with E-state index in [1.165, 1.54) is 0 Å². The minimum absolute atomic E-state index is 0.0591. The summed E-state index contributed by atoms with van der Waals surface area (Å²) in [7, 11) is 1.72. The molecule has 0 bridgehead atoms. The van der Waals surface area contributed by atoms with E-state index < -0.39 is 5.97 Å². The highest BCUT2D eigenvalue weighted by Crippen LogP contribution is 2.32. The predicted molar refractivity (Wildman–Crippen MR) is 101 cm³/mol. The van der Waals surface area contributed by atoms with Crippen molar-refractivity contribution in [1.82, 2.24) is 4.90 Å². The molecule has 1 fully saturated rings. The number of nitrogens with one attached hydrogen (secondary N) is 1. The van der Waals surface area contributed by atoms with E-state index in [0.717, 1.165) is 0 Å². The zero-order chi connectivity index (χ0) is 20.4. The predicted octanol–water partition coefficient (Wildman–Crippen LogP) is 2.14. The molecule has 0 aliphatic carbocycles. The maximum Gasteiger partial charge on any atom is 0.305 e. The molecule has 2 aliphatic rings. The van der Waals surface area contributed by atoms with Crippen LogP contribution in [0, 0.1) is 5.92 Å². The molecule has 2 N–H and O–H groups in total. The van der Waals surface area contributed by atoms with E-state index >= 15 is 0 Å². The molecule has 1 aromatic carbocycles. The number of ether oxygens (including phenoxy) is 2. The minimum Gasteiger partial charge on any atom is -0.490 e. The summed E-state index contributed by atoms with van der Waals surface area (Å²) in [5.74, 6) is -0.998. The minimum atomic E-state index is -0.902. The smallest absolute Gasteiger partial charge is 0.305 e. The zero-order valence-corrected chi connectivity index (χ0v) is 16.3. The molecule has 1 saturated heterocycles. The Morgan fingerprint density at radius 2 is 2.07 bits per heavy atom. The first-order valence-corrected chi connectivity index (χ1v) is 9.48. The van der Waals surface area contributed by atoms with Crippen LogP contribution in [0.15, 0.2) is 18.2 Å². The van der Waals surface area contributed by atoms with Gasteiger partial charge in [-0.25, -0.2) is 0 Å². The fourth-order valence-corrected chi connectivity index (χ4v) is 3.59. The van der Waals surface area contributed by atoms with Gasteiger partial charge in [-0.05, 0) is 31.0 Å². The Morgan fingerprint density at radius 1 is 1.32 bits per heavy atom. The summed E-state index contributed by atoms with van der Waals surface area (Å²) in [6.07, 6.45) is 0.394. The van der Waals surface area contributed by atoms with E-state index in [1.54, 1.807) is 44.0 Å². The summed E-state index contributed by atoms with van der Waals surface area (Å²) >= 11 is 0. The molecule has 8 nitrogen and oxygen atoms in total. The number of fused-ring (bicyclic) bond motifs is 2. The van der Waals surface area contributed by atoms with Crippen LogP contribution < -0.4 is 10.1 Å². The normalized spacial score (nSPS) is 24.5. The largest absolute Gasteiger partial charge is 0.490 e. The molecule has 28 heavy (non-hydrogen) atoms. The Balaban J connectivity index is 1.82. The Bertz CT molecular complexity index is 778. The Hall–Kier alpha value is -2.61. The van der Waals surface area contributed by atoms with Gasteiger partial charge in [-0.2, -0.15) is 0 Å². The second-order valence-electron chi connectivity index (χ2n) is 7.62. The van der Waals surface area contributed by atoms with Gasteiger partial charge >= 0.3 is 5.97 Å². The molecule has 2 amide bonds. The Labute approximate surface area is 163 Å². The molecule has 2 heterocycles. The van der Waals surface area contributed by atoms with Crippen molar-refractivity contribution in [3.63, 3.8) is 0 Å². The van der Waals surface area contributed by atoms with E-state index in [4.69, 9.17) is 14.6 Å². The number of amides is 2. The second kappa shape index (κ2) is 8.18. The molecular weight excluding hydrogens is 364 g/mol. The molecule has 0 radical (unpaired) electrons. The van der Waals surface area contributed by atoms with Gasteiger partial charge in [-0.3, -0.25) is 14.4 Å². The zero-order valence-electron chi connectivity index (χ0n) is 16.3. The molecular formula is C20H26N2O6. The molecule has 3 rings (SSSR count). The second-order valence-corrected chi connectivity index (χ2v) is 7.62. The number of carbonyl (C=O) groups is 3. The summed E-state index contributed by atoms with van der Waals surface area (Å²) in [6, 6.07) is 4.79. The summed E-state index contributed by atoms with van der Waals surface area (Å²) in [6.45, 7) is 3.82. The quantitative estimate of drug-likeness (QED) is 0.816. The number of carboxylic acid groups (broad SMARTS) is 1. The van der Waals surface area contributed by atoms with Crippen LogP contribution in [0.4, 0.5) is 5.69 Å². The number of aliphatic carboxylic acids is 1. The van der Waals surface area contributed by atoms with Crippen LogP contribution in [-0.4, -0.2) is 59.7 Å². The molecule has 8 heteroatoms. The number of rotatable bonds is 4. The summed E-state index contributed by atoms with van der Waals surface area (Å²) in [4.78, 5) is 37.6. The lowest BCUT2D eigenvalue weighted by atomic mass is 9.94. The van der Waals surface area contributed by atoms with Crippen molar-refractivity contribution in [1.29, 1.82) is 0 Å². The van der Waals surface area contributed by atoms with Crippen molar-refractivity contribution in [3.05, 3.63) is 23.8 Å². The van der Waals surface area contributed by atoms with Crippen molar-refractivity contribution >= 4 is 23.5 Å². The van der Waals surface area contributed by atoms with Crippen LogP contribution in [0.3, 0.4) is 0 Å². The van der Waals surface area contributed by atoms with Gasteiger partial charge < -0.3 is 24.8 Å². The Morgan fingerprint density at radius 3 is 2.75 bits per heavy atom. The van der Waals surface area contributed by atoms with Gasteiger partial charge in [0.2, 0.25) is 5.91 Å². The van der Waals surface area contributed by atoms with E-state index in [9.17, 15) is 14.4 Å². The van der Waals surface area contributed by atoms with Crippen LogP contribution in [0.1, 0.15) is 43.5 Å². The monoisotopic (exact) mass is 390 g/mol. The number of nitrogens with zero attached hydrogens (tertiary/aromatic N) is 1. The highest BCUT2D eigenvalue weighted by molar-refractivity contribution is 6.00. The standard InChI is InChI=1S/C20H26N2O6/c1-11(2)19(25)21-12-4-7-16-14(8-12)20(26)22(3)15-6-5-13(9-18(23)24)28-17(15)10-27-16/h4,7-8,11,13,15,17H,5-6,9-10H2,1-3H3,(H,21,25)(H,23,24)/t13-,15-,17-/m0/s1. The van der Waals surface area contributed by atoms with Gasteiger partial charge in [0.25, 0.3) is 5.91 Å². The first-order chi connectivity index (χ1) is 13.3. The molecule has 3 atom stereocenters. The van der Waals surface area contributed by atoms with Crippen molar-refractivity contribution < 1.29 is 29.0 Å². The van der Waals surface area contributed by atoms with Crippen molar-refractivity contribution in [3.8, 4) is 5.75 Å². The molecule has 0 aromatic heterocycles. The first-order valence-electron chi connectivity index (χ1n) is 9.48. The molecule has 0 unspecified atom stereocenters. The lowest BCUT2D eigenvalue weighted by molar-refractivity contribution is -0.148. The SMILES string of the molecule is CC(C)C(=O)Nc1ccc2c(c1)C(=O)N(C)[C@H]1CC[C@@H](CC(=O)O)O[C@H]1CO2. The third kappa shape index (κ3) is 4.27. The van der Waals surface area contributed by atoms with Crippen LogP contribution in [0.25, 0.3) is 0 Å². The molecule has 0 spiro atoms. The number of hydrogen-bond donors (Lipinski definition) is 2. The highest BCUT2D eigenvalue weighted by atomic mass is 16.5. The number of likely N-dealkylation sites (N-methyl/N-ethyl adjacent to an activating group) is 1. The maximum atomic E-state index is 13.1. The van der Waals surface area contributed by atoms with Gasteiger partial charge in [-0.1, -0.05) is 13.8 Å². The van der Waals surface area contributed by atoms with Gasteiger partial charge in [0.15, 0.2) is 0 Å². The average molecular weight is 390 g/mol. The van der Waals surface area contributed by atoms with Gasteiger partial charge in [-0.15, -0.1) is 0 Å². The van der Waals surface area contributed by atoms with Crippen LogP contribution in [0.2, 0.25) is 0 Å². The van der Waals surface area contributed by atoms with Gasteiger partial charge in [0, 0.05) is 18.7 Å². The van der Waals surface area contributed by atoms with E-state index in [1.807, 2.05) is 0 Å². The Kier molecular flexibility index (Phi) is 5.88. The van der Waals surface area contributed by atoms with Crippen molar-refractivity contribution in [2.45, 2.75) is 51.4 Å². The number of carboxylic acids is 1. The molecule has 0 saturated carbocycles. The third-order valence-corrected chi connectivity index (χ3v) is 5.21. The van der Waals surface area contributed by atoms with E-state index in [-0.39, 0.29) is 49.0 Å². The topological polar surface area (TPSA) is 105 Å². The lowest BCUT2D eigenvalue weighted by Gasteiger charge is -2.42. The first kappa shape index (κ1) is 20.1. The van der Waals surface area contributed by atoms with Crippen LogP contribution >= 0.6 is 0 Å². The van der Waals surface area contributed by atoms with Crippen molar-refractivity contribution in [2.24, 2.45) is 5.92 Å². The average Bonchev–Trinajstić information content (AvgIpc) is 2.64. The number of hydrogen-bond acceptors (Lipinski definition) is 5. The van der Waals surface area contributed by atoms with Crippen LogP contribution in [0.5, 0.6) is 5.75 Å². The van der Waals surface area contributed by atoms with Gasteiger partial charge in [0.1, 0.15) is 18.5 Å². The fourth-order valence-electron chi connectivity index (χ4n) is 3.59. The summed E-state index contributed by atoms with van der Waals surface area (Å²) in [5.41, 5.74) is 0.927. The van der Waals surface area contributed by atoms with E-state index in [2.05, 4.69) is 5.32 Å².